The van der Waals surface area contributed by atoms with Gasteiger partial charge in [-0.3, -0.25) is 9.59 Å². The number of H-pyrrole nitrogens is 1. The van der Waals surface area contributed by atoms with E-state index in [1.807, 2.05) is 60.8 Å². The van der Waals surface area contributed by atoms with Crippen LogP contribution in [0.3, 0.4) is 0 Å². The van der Waals surface area contributed by atoms with Crippen molar-refractivity contribution in [2.45, 2.75) is 25.5 Å². The first-order valence-electron chi connectivity index (χ1n) is 8.91. The van der Waals surface area contributed by atoms with E-state index in [2.05, 4.69) is 10.3 Å². The molecule has 0 saturated carbocycles. The van der Waals surface area contributed by atoms with Crippen LogP contribution in [0.1, 0.15) is 17.5 Å². The van der Waals surface area contributed by atoms with Gasteiger partial charge in [0.25, 0.3) is 0 Å². The number of hydrogen-bond acceptors (Lipinski definition) is 4. The predicted molar refractivity (Wildman–Crippen MR) is 104 cm³/mol. The maximum Gasteiger partial charge on any atom is 0.307 e. The topological polar surface area (TPSA) is 97.2 Å². The van der Waals surface area contributed by atoms with Crippen molar-refractivity contribution in [3.63, 3.8) is 0 Å². The first kappa shape index (κ1) is 18.7. The molecular formula is C21H23N3O3. The summed E-state index contributed by atoms with van der Waals surface area (Å²) in [5.41, 5.74) is 8.95. The van der Waals surface area contributed by atoms with Crippen LogP contribution in [0.4, 0.5) is 0 Å². The Morgan fingerprint density at radius 3 is 2.63 bits per heavy atom. The lowest BCUT2D eigenvalue weighted by atomic mass is 10.1. The summed E-state index contributed by atoms with van der Waals surface area (Å²) in [6.45, 7) is 0.432. The van der Waals surface area contributed by atoms with Gasteiger partial charge in [-0.05, 0) is 23.6 Å². The van der Waals surface area contributed by atoms with Gasteiger partial charge in [0, 0.05) is 23.6 Å². The van der Waals surface area contributed by atoms with E-state index in [1.54, 1.807) is 0 Å². The number of carbonyl (C=O) groups excluding carboxylic acids is 2. The largest absolute Gasteiger partial charge is 0.461 e. The smallest absolute Gasteiger partial charge is 0.307 e. The van der Waals surface area contributed by atoms with E-state index in [1.165, 1.54) is 0 Å². The molecule has 1 amide bonds. The second-order valence-corrected chi connectivity index (χ2v) is 6.36. The molecule has 1 atom stereocenters. The summed E-state index contributed by atoms with van der Waals surface area (Å²) in [6, 6.07) is 16.7. The van der Waals surface area contributed by atoms with Gasteiger partial charge in [0.05, 0.1) is 12.5 Å². The average molecular weight is 365 g/mol. The van der Waals surface area contributed by atoms with Crippen LogP contribution in [-0.2, 0) is 27.4 Å². The Morgan fingerprint density at radius 2 is 1.81 bits per heavy atom. The fourth-order valence-corrected chi connectivity index (χ4v) is 2.86. The van der Waals surface area contributed by atoms with E-state index in [4.69, 9.17) is 10.5 Å². The summed E-state index contributed by atoms with van der Waals surface area (Å²) in [4.78, 5) is 27.1. The van der Waals surface area contributed by atoms with Crippen LogP contribution in [0.2, 0.25) is 0 Å². The number of carbonyl (C=O) groups is 2. The number of ether oxygens (including phenoxy) is 1. The maximum absolute atomic E-state index is 12.2. The lowest BCUT2D eigenvalue weighted by Crippen LogP contribution is -2.42. The Balaban J connectivity index is 1.40. The summed E-state index contributed by atoms with van der Waals surface area (Å²) in [6.07, 6.45) is 2.41. The number of fused-ring (bicyclic) bond motifs is 1. The number of rotatable bonds is 8. The molecule has 27 heavy (non-hydrogen) atoms. The number of para-hydroxylation sites is 1. The molecule has 3 aromatic rings. The molecule has 0 aliphatic heterocycles. The average Bonchev–Trinajstić information content (AvgIpc) is 3.10. The standard InChI is InChI=1S/C21H23N3O3/c22-18(12-16-13-24-19-9-5-4-8-17(16)19)21(26)23-11-10-20(25)27-14-15-6-2-1-3-7-15/h1-9,13,18,24H,10-12,14,22H2,(H,23,26)/t18-/m0/s1. The fourth-order valence-electron chi connectivity index (χ4n) is 2.86. The van der Waals surface area contributed by atoms with Crippen LogP contribution in [-0.4, -0.2) is 29.4 Å². The van der Waals surface area contributed by atoms with E-state index in [0.717, 1.165) is 22.0 Å². The monoisotopic (exact) mass is 365 g/mol. The lowest BCUT2D eigenvalue weighted by molar-refractivity contribution is -0.144. The first-order chi connectivity index (χ1) is 13.1. The molecule has 0 radical (unpaired) electrons. The molecule has 0 fully saturated rings. The Bertz CT molecular complexity index is 905. The second kappa shape index (κ2) is 9.00. The molecule has 6 heteroatoms. The van der Waals surface area contributed by atoms with Crippen molar-refractivity contribution in [2.24, 2.45) is 5.73 Å². The van der Waals surface area contributed by atoms with Crippen LogP contribution >= 0.6 is 0 Å². The van der Waals surface area contributed by atoms with E-state index in [-0.39, 0.29) is 31.4 Å². The molecule has 3 rings (SSSR count). The molecule has 6 nitrogen and oxygen atoms in total. The minimum absolute atomic E-state index is 0.110. The second-order valence-electron chi connectivity index (χ2n) is 6.36. The molecule has 4 N–H and O–H groups in total. The van der Waals surface area contributed by atoms with Crippen molar-refractivity contribution in [3.05, 3.63) is 71.9 Å². The molecule has 0 bridgehead atoms. The molecule has 1 heterocycles. The van der Waals surface area contributed by atoms with E-state index in [9.17, 15) is 9.59 Å². The van der Waals surface area contributed by atoms with Gasteiger partial charge >= 0.3 is 5.97 Å². The van der Waals surface area contributed by atoms with Gasteiger partial charge in [0.2, 0.25) is 5.91 Å². The number of aromatic amines is 1. The highest BCUT2D eigenvalue weighted by Crippen LogP contribution is 2.18. The molecule has 1 aromatic heterocycles. The summed E-state index contributed by atoms with van der Waals surface area (Å²) < 4.78 is 5.18. The first-order valence-corrected chi connectivity index (χ1v) is 8.91. The Kier molecular flexibility index (Phi) is 6.22. The number of nitrogens with one attached hydrogen (secondary N) is 2. The zero-order valence-electron chi connectivity index (χ0n) is 15.0. The van der Waals surface area contributed by atoms with Gasteiger partial charge in [0.1, 0.15) is 6.61 Å². The number of amides is 1. The third kappa shape index (κ3) is 5.18. The molecular weight excluding hydrogens is 342 g/mol. The molecule has 0 spiro atoms. The SMILES string of the molecule is N[C@@H](Cc1c[nH]c2ccccc12)C(=O)NCCC(=O)OCc1ccccc1. The van der Waals surface area contributed by atoms with Crippen molar-refractivity contribution in [3.8, 4) is 0 Å². The van der Waals surface area contributed by atoms with Crippen LogP contribution in [0.25, 0.3) is 10.9 Å². The Labute approximate surface area is 157 Å². The fraction of sp³-hybridized carbons (Fsp3) is 0.238. The van der Waals surface area contributed by atoms with Crippen LogP contribution in [0, 0.1) is 0 Å². The van der Waals surface area contributed by atoms with E-state index in [0.29, 0.717) is 6.42 Å². The van der Waals surface area contributed by atoms with E-state index >= 15 is 0 Å². The Hall–Kier alpha value is -3.12. The Morgan fingerprint density at radius 1 is 1.07 bits per heavy atom. The van der Waals surface area contributed by atoms with Crippen LogP contribution in [0.15, 0.2) is 60.8 Å². The maximum atomic E-state index is 12.2. The summed E-state index contributed by atoms with van der Waals surface area (Å²) >= 11 is 0. The van der Waals surface area contributed by atoms with Gasteiger partial charge in [-0.25, -0.2) is 0 Å². The number of hydrogen-bond donors (Lipinski definition) is 3. The third-order valence-electron chi connectivity index (χ3n) is 4.32. The minimum Gasteiger partial charge on any atom is -0.461 e. The normalized spacial score (nSPS) is 11.9. The van der Waals surface area contributed by atoms with Gasteiger partial charge in [0.15, 0.2) is 0 Å². The van der Waals surface area contributed by atoms with Gasteiger partial charge in [-0.1, -0.05) is 48.5 Å². The highest BCUT2D eigenvalue weighted by atomic mass is 16.5. The molecule has 2 aromatic carbocycles. The number of esters is 1. The summed E-state index contributed by atoms with van der Waals surface area (Å²) in [5.74, 6) is -0.638. The molecule has 140 valence electrons. The van der Waals surface area contributed by atoms with Crippen molar-refractivity contribution < 1.29 is 14.3 Å². The van der Waals surface area contributed by atoms with Crippen molar-refractivity contribution in [1.29, 1.82) is 0 Å². The number of benzene rings is 2. The third-order valence-corrected chi connectivity index (χ3v) is 4.32. The highest BCUT2D eigenvalue weighted by molar-refractivity contribution is 5.86. The quantitative estimate of drug-likeness (QED) is 0.534. The zero-order chi connectivity index (χ0) is 19.1. The lowest BCUT2D eigenvalue weighted by Gasteiger charge is -2.12. The van der Waals surface area contributed by atoms with Gasteiger partial charge in [-0.2, -0.15) is 0 Å². The molecule has 0 aliphatic carbocycles. The van der Waals surface area contributed by atoms with Gasteiger partial charge in [-0.15, -0.1) is 0 Å². The molecule has 0 unspecified atom stereocenters. The molecule has 0 saturated heterocycles. The predicted octanol–water partition coefficient (Wildman–Crippen LogP) is 2.29. The summed E-state index contributed by atoms with van der Waals surface area (Å²) in [7, 11) is 0. The summed E-state index contributed by atoms with van der Waals surface area (Å²) in [5, 5.41) is 3.76. The van der Waals surface area contributed by atoms with E-state index < -0.39 is 6.04 Å². The van der Waals surface area contributed by atoms with Crippen molar-refractivity contribution in [2.75, 3.05) is 6.54 Å². The minimum atomic E-state index is -0.676. The van der Waals surface area contributed by atoms with Crippen LogP contribution < -0.4 is 11.1 Å². The van der Waals surface area contributed by atoms with Crippen molar-refractivity contribution >= 4 is 22.8 Å². The zero-order valence-corrected chi connectivity index (χ0v) is 15.0. The van der Waals surface area contributed by atoms with Crippen LogP contribution in [0.5, 0.6) is 0 Å². The molecule has 0 aliphatic rings. The van der Waals surface area contributed by atoms with Crippen molar-refractivity contribution in [1.82, 2.24) is 10.3 Å². The number of nitrogens with two attached hydrogens (primary N) is 1. The van der Waals surface area contributed by atoms with Gasteiger partial charge < -0.3 is 20.8 Å². The number of aromatic nitrogens is 1. The highest BCUT2D eigenvalue weighted by Gasteiger charge is 2.16.